The zero-order valence-electron chi connectivity index (χ0n) is 16.5. The number of rotatable bonds is 7. The van der Waals surface area contributed by atoms with Crippen LogP contribution in [0.25, 0.3) is 0 Å². The van der Waals surface area contributed by atoms with Gasteiger partial charge in [0.1, 0.15) is 0 Å². The molecule has 2 aromatic rings. The van der Waals surface area contributed by atoms with E-state index in [0.29, 0.717) is 13.1 Å². The first-order valence-electron chi connectivity index (χ1n) is 10.4. The van der Waals surface area contributed by atoms with Gasteiger partial charge in [-0.3, -0.25) is 0 Å². The van der Waals surface area contributed by atoms with Gasteiger partial charge in [-0.25, -0.2) is 4.79 Å². The van der Waals surface area contributed by atoms with Crippen molar-refractivity contribution in [3.63, 3.8) is 0 Å². The maximum atomic E-state index is 13.3. The summed E-state index contributed by atoms with van der Waals surface area (Å²) in [6.07, 6.45) is 6.19. The molecule has 1 aliphatic heterocycles. The van der Waals surface area contributed by atoms with Crippen LogP contribution >= 0.6 is 0 Å². The molecule has 1 fully saturated rings. The lowest BCUT2D eigenvalue weighted by atomic mass is 9.92. The molecule has 3 rings (SSSR count). The van der Waals surface area contributed by atoms with Crippen LogP contribution < -0.4 is 0 Å². The van der Waals surface area contributed by atoms with Gasteiger partial charge in [0, 0.05) is 26.2 Å². The van der Waals surface area contributed by atoms with E-state index < -0.39 is 0 Å². The molecule has 0 atom stereocenters. The summed E-state index contributed by atoms with van der Waals surface area (Å²) in [5.41, 5.74) is 2.36. The summed E-state index contributed by atoms with van der Waals surface area (Å²) in [5.74, 6) is 0.797. The minimum atomic E-state index is 0. The van der Waals surface area contributed by atoms with Gasteiger partial charge in [-0.2, -0.15) is 0 Å². The zero-order chi connectivity index (χ0) is 18.9. The minimum absolute atomic E-state index is 0. The Labute approximate surface area is 171 Å². The Balaban J connectivity index is 0.00000280. The molecule has 0 saturated carbocycles. The van der Waals surface area contributed by atoms with Crippen molar-refractivity contribution in [3.05, 3.63) is 71.8 Å². The first-order valence-corrected chi connectivity index (χ1v) is 10.4. The van der Waals surface area contributed by atoms with Gasteiger partial charge in [-0.05, 0) is 29.9 Å². The van der Waals surface area contributed by atoms with E-state index in [1.165, 1.54) is 30.4 Å². The lowest BCUT2D eigenvalue weighted by Crippen LogP contribution is -2.46. The molecular weight excluding hydrogens is 344 g/mol. The van der Waals surface area contributed by atoms with E-state index in [-0.39, 0.29) is 13.5 Å². The second-order valence-electron chi connectivity index (χ2n) is 7.68. The molecular formula is C25H36N2O. The van der Waals surface area contributed by atoms with Crippen molar-refractivity contribution in [3.8, 4) is 0 Å². The predicted molar refractivity (Wildman–Crippen MR) is 118 cm³/mol. The zero-order valence-corrected chi connectivity index (χ0v) is 16.5. The quantitative estimate of drug-likeness (QED) is 0.549. The van der Waals surface area contributed by atoms with Crippen molar-refractivity contribution in [1.82, 2.24) is 9.80 Å². The second kappa shape index (κ2) is 11.5. The van der Waals surface area contributed by atoms with E-state index >= 15 is 0 Å². The molecule has 0 unspecified atom stereocenters. The van der Waals surface area contributed by atoms with Gasteiger partial charge in [0.05, 0.1) is 0 Å². The number of nitrogens with zero attached hydrogens (tertiary/aromatic N) is 2. The molecule has 1 heterocycles. The number of hydrogen-bond donors (Lipinski definition) is 0. The molecule has 152 valence electrons. The number of benzene rings is 2. The smallest absolute Gasteiger partial charge is 0.320 e. The van der Waals surface area contributed by atoms with Gasteiger partial charge in [0.2, 0.25) is 0 Å². The highest BCUT2D eigenvalue weighted by Crippen LogP contribution is 2.24. The Morgan fingerprint density at radius 3 is 1.89 bits per heavy atom. The van der Waals surface area contributed by atoms with Crippen molar-refractivity contribution in [1.29, 1.82) is 0 Å². The van der Waals surface area contributed by atoms with E-state index in [2.05, 4.69) is 36.1 Å². The third kappa shape index (κ3) is 6.40. The van der Waals surface area contributed by atoms with Crippen LogP contribution in [0.15, 0.2) is 60.7 Å². The fourth-order valence-electron chi connectivity index (χ4n) is 3.90. The van der Waals surface area contributed by atoms with Gasteiger partial charge in [0.15, 0.2) is 0 Å². The Hall–Kier alpha value is -2.29. The average molecular weight is 381 g/mol. The Morgan fingerprint density at radius 2 is 1.43 bits per heavy atom. The average Bonchev–Trinajstić information content (AvgIpc) is 2.73. The Morgan fingerprint density at radius 1 is 0.929 bits per heavy atom. The number of carbonyl (C=O) groups is 1. The number of hydrogen-bond acceptors (Lipinski definition) is 1. The highest BCUT2D eigenvalue weighted by atomic mass is 16.2. The summed E-state index contributed by atoms with van der Waals surface area (Å²) in [6, 6.07) is 20.8. The van der Waals surface area contributed by atoms with E-state index in [0.717, 1.165) is 31.8 Å². The first-order chi connectivity index (χ1) is 13.3. The summed E-state index contributed by atoms with van der Waals surface area (Å²) in [4.78, 5) is 17.3. The standard InChI is InChI=1S/C24H32N2O.CH4/c1-2-3-10-21-15-17-25(18-16-21)24(27)26(19-22-11-6-4-7-12-22)20-23-13-8-5-9-14-23;/h4-9,11-14,21H,2-3,10,15-20H2,1H3;1H4. The normalized spacial score (nSPS) is 14.4. The van der Waals surface area contributed by atoms with Gasteiger partial charge in [-0.1, -0.05) is 94.3 Å². The third-order valence-electron chi connectivity index (χ3n) is 5.55. The molecule has 0 aliphatic carbocycles. The van der Waals surface area contributed by atoms with Crippen molar-refractivity contribution in [2.75, 3.05) is 13.1 Å². The number of amides is 2. The largest absolute Gasteiger partial charge is 0.325 e. The highest BCUT2D eigenvalue weighted by Gasteiger charge is 2.26. The number of unbranched alkanes of at least 4 members (excludes halogenated alkanes) is 1. The molecule has 1 saturated heterocycles. The van der Waals surface area contributed by atoms with Gasteiger partial charge in [0.25, 0.3) is 0 Å². The van der Waals surface area contributed by atoms with Crippen molar-refractivity contribution in [2.45, 2.75) is 59.5 Å². The summed E-state index contributed by atoms with van der Waals surface area (Å²) in [6.45, 7) is 5.36. The maximum Gasteiger partial charge on any atom is 0.320 e. The first kappa shape index (κ1) is 22.0. The third-order valence-corrected chi connectivity index (χ3v) is 5.55. The van der Waals surface area contributed by atoms with Crippen LogP contribution in [0, 0.1) is 5.92 Å². The molecule has 0 spiro atoms. The van der Waals surface area contributed by atoms with Gasteiger partial charge in [-0.15, -0.1) is 0 Å². The van der Waals surface area contributed by atoms with E-state index in [1.54, 1.807) is 0 Å². The molecule has 2 aromatic carbocycles. The van der Waals surface area contributed by atoms with Crippen LogP contribution in [-0.4, -0.2) is 28.9 Å². The predicted octanol–water partition coefficient (Wildman–Crippen LogP) is 6.35. The molecule has 0 radical (unpaired) electrons. The molecule has 2 amide bonds. The summed E-state index contributed by atoms with van der Waals surface area (Å²) >= 11 is 0. The Kier molecular flexibility index (Phi) is 9.06. The fourth-order valence-corrected chi connectivity index (χ4v) is 3.90. The van der Waals surface area contributed by atoms with Crippen LogP contribution in [-0.2, 0) is 13.1 Å². The summed E-state index contributed by atoms with van der Waals surface area (Å²) < 4.78 is 0. The maximum absolute atomic E-state index is 13.3. The fraction of sp³-hybridized carbons (Fsp3) is 0.480. The molecule has 3 nitrogen and oxygen atoms in total. The van der Waals surface area contributed by atoms with Crippen LogP contribution in [0.4, 0.5) is 4.79 Å². The van der Waals surface area contributed by atoms with Crippen LogP contribution in [0.2, 0.25) is 0 Å². The molecule has 0 aromatic heterocycles. The van der Waals surface area contributed by atoms with E-state index in [4.69, 9.17) is 0 Å². The number of likely N-dealkylation sites (tertiary alicyclic amines) is 1. The van der Waals surface area contributed by atoms with Crippen molar-refractivity contribution in [2.24, 2.45) is 5.92 Å². The summed E-state index contributed by atoms with van der Waals surface area (Å²) in [5, 5.41) is 0. The molecule has 28 heavy (non-hydrogen) atoms. The highest BCUT2D eigenvalue weighted by molar-refractivity contribution is 5.74. The van der Waals surface area contributed by atoms with Gasteiger partial charge >= 0.3 is 6.03 Å². The lowest BCUT2D eigenvalue weighted by molar-refractivity contribution is 0.125. The van der Waals surface area contributed by atoms with Crippen LogP contribution in [0.3, 0.4) is 0 Å². The van der Waals surface area contributed by atoms with Crippen LogP contribution in [0.1, 0.15) is 57.6 Å². The molecule has 1 aliphatic rings. The topological polar surface area (TPSA) is 23.6 Å². The Bertz CT molecular complexity index is 637. The summed E-state index contributed by atoms with van der Waals surface area (Å²) in [7, 11) is 0. The number of piperidine rings is 1. The SMILES string of the molecule is C.CCCCC1CCN(C(=O)N(Cc2ccccc2)Cc2ccccc2)CC1. The molecule has 0 N–H and O–H groups in total. The van der Waals surface area contributed by atoms with E-state index in [1.807, 2.05) is 41.3 Å². The monoisotopic (exact) mass is 380 g/mol. The molecule has 3 heteroatoms. The van der Waals surface area contributed by atoms with Crippen molar-refractivity contribution < 1.29 is 4.79 Å². The van der Waals surface area contributed by atoms with Crippen LogP contribution in [0.5, 0.6) is 0 Å². The van der Waals surface area contributed by atoms with E-state index in [9.17, 15) is 4.79 Å². The number of carbonyl (C=O) groups excluding carboxylic acids is 1. The van der Waals surface area contributed by atoms with Crippen molar-refractivity contribution >= 4 is 6.03 Å². The minimum Gasteiger partial charge on any atom is -0.325 e. The molecule has 0 bridgehead atoms. The van der Waals surface area contributed by atoms with Gasteiger partial charge < -0.3 is 9.80 Å². The lowest BCUT2D eigenvalue weighted by Gasteiger charge is -2.36. The second-order valence-corrected chi connectivity index (χ2v) is 7.68. The number of urea groups is 1.